The van der Waals surface area contributed by atoms with Crippen LogP contribution in [0.1, 0.15) is 30.7 Å². The summed E-state index contributed by atoms with van der Waals surface area (Å²) in [5, 5.41) is 13.1. The second-order valence-corrected chi connectivity index (χ2v) is 8.41. The van der Waals surface area contributed by atoms with Crippen molar-refractivity contribution in [2.45, 2.75) is 37.3 Å². The molecule has 0 aromatic heterocycles. The lowest BCUT2D eigenvalue weighted by Gasteiger charge is -2.44. The molecule has 1 aromatic rings. The van der Waals surface area contributed by atoms with E-state index < -0.39 is 12.0 Å². The summed E-state index contributed by atoms with van der Waals surface area (Å²) in [5.74, 6) is 0.104. The molecule has 1 aliphatic carbocycles. The summed E-state index contributed by atoms with van der Waals surface area (Å²) < 4.78 is 5.51. The first-order chi connectivity index (χ1) is 13.5. The Morgan fingerprint density at radius 3 is 2.61 bits per heavy atom. The molecule has 4 rings (SSSR count). The molecule has 2 N–H and O–H groups in total. The Balaban J connectivity index is 1.29. The van der Waals surface area contributed by atoms with Gasteiger partial charge in [-0.15, -0.1) is 0 Å². The molecular formula is C21H29N3O4. The highest BCUT2D eigenvalue weighted by atomic mass is 16.5. The van der Waals surface area contributed by atoms with E-state index in [1.807, 2.05) is 6.07 Å². The van der Waals surface area contributed by atoms with Crippen LogP contribution < -0.4 is 5.32 Å². The van der Waals surface area contributed by atoms with Gasteiger partial charge in [-0.2, -0.15) is 0 Å². The molecule has 3 aliphatic rings. The maximum Gasteiger partial charge on any atom is 0.326 e. The average Bonchev–Trinajstić information content (AvgIpc) is 3.51. The Bertz CT molecular complexity index is 718. The molecule has 2 heterocycles. The van der Waals surface area contributed by atoms with Crippen LogP contribution in [-0.4, -0.2) is 78.9 Å². The lowest BCUT2D eigenvalue weighted by molar-refractivity contribution is -0.151. The molecule has 3 amide bonds. The van der Waals surface area contributed by atoms with Gasteiger partial charge in [0.15, 0.2) is 6.10 Å². The first-order valence-corrected chi connectivity index (χ1v) is 10.1. The zero-order valence-electron chi connectivity index (χ0n) is 16.3. The number of imide groups is 1. The van der Waals surface area contributed by atoms with Gasteiger partial charge in [0.1, 0.15) is 0 Å². The van der Waals surface area contributed by atoms with Crippen LogP contribution in [0.3, 0.4) is 0 Å². The van der Waals surface area contributed by atoms with E-state index in [2.05, 4.69) is 29.6 Å². The number of aliphatic hydroxyl groups is 1. The first-order valence-electron chi connectivity index (χ1n) is 10.1. The maximum atomic E-state index is 12.5. The quantitative estimate of drug-likeness (QED) is 0.717. The van der Waals surface area contributed by atoms with Crippen LogP contribution in [0.15, 0.2) is 30.3 Å². The van der Waals surface area contributed by atoms with Gasteiger partial charge >= 0.3 is 6.03 Å². The number of hydrogen-bond donors (Lipinski definition) is 2. The average molecular weight is 387 g/mol. The highest BCUT2D eigenvalue weighted by Gasteiger charge is 2.45. The van der Waals surface area contributed by atoms with Crippen molar-refractivity contribution in [3.8, 4) is 0 Å². The number of carbonyl (C=O) groups is 2. The van der Waals surface area contributed by atoms with Gasteiger partial charge in [-0.1, -0.05) is 30.3 Å². The van der Waals surface area contributed by atoms with Crippen molar-refractivity contribution >= 4 is 11.9 Å². The fourth-order valence-corrected chi connectivity index (χ4v) is 4.44. The smallest absolute Gasteiger partial charge is 0.326 e. The standard InChI is InChI=1S/C21H29N3O4/c1-28-14-21(13-22-17-11-16(17)15-5-3-2-4-6-15)7-9-23(10-8-21)20(27)24-12-18(25)19(24)26/h2-6,16-18,22,25H,7-14H2,1H3/t16-,17+,18?/m0/s1. The van der Waals surface area contributed by atoms with Gasteiger partial charge in [0, 0.05) is 44.1 Å². The Hall–Kier alpha value is -1.96. The van der Waals surface area contributed by atoms with E-state index >= 15 is 0 Å². The second-order valence-electron chi connectivity index (χ2n) is 8.41. The Morgan fingerprint density at radius 1 is 1.29 bits per heavy atom. The number of piperidine rings is 1. The third kappa shape index (κ3) is 3.79. The number of rotatable bonds is 6. The number of aliphatic hydroxyl groups excluding tert-OH is 1. The van der Waals surface area contributed by atoms with Gasteiger partial charge in [-0.3, -0.25) is 9.69 Å². The van der Waals surface area contributed by atoms with E-state index in [-0.39, 0.29) is 18.0 Å². The number of benzene rings is 1. The van der Waals surface area contributed by atoms with Crippen LogP contribution in [0.25, 0.3) is 0 Å². The molecule has 3 fully saturated rings. The van der Waals surface area contributed by atoms with Gasteiger partial charge in [-0.05, 0) is 24.8 Å². The van der Waals surface area contributed by atoms with E-state index in [1.165, 1.54) is 5.56 Å². The number of β-amino-alcohol motifs (C(OH)–C–C–N with tert-alkyl or cyclic N) is 1. The summed E-state index contributed by atoms with van der Waals surface area (Å²) in [7, 11) is 1.73. The zero-order valence-corrected chi connectivity index (χ0v) is 16.3. The van der Waals surface area contributed by atoms with Crippen molar-refractivity contribution in [3.05, 3.63) is 35.9 Å². The molecule has 7 heteroatoms. The van der Waals surface area contributed by atoms with Gasteiger partial charge in [-0.25, -0.2) is 4.79 Å². The highest BCUT2D eigenvalue weighted by Crippen LogP contribution is 2.42. The fraction of sp³-hybridized carbons (Fsp3) is 0.619. The van der Waals surface area contributed by atoms with Crippen molar-refractivity contribution in [2.24, 2.45) is 5.41 Å². The zero-order chi connectivity index (χ0) is 19.7. The number of hydrogen-bond acceptors (Lipinski definition) is 5. The minimum atomic E-state index is -1.01. The molecule has 28 heavy (non-hydrogen) atoms. The Labute approximate surface area is 165 Å². The number of methoxy groups -OCH3 is 1. The van der Waals surface area contributed by atoms with Gasteiger partial charge in [0.25, 0.3) is 5.91 Å². The molecule has 2 aliphatic heterocycles. The summed E-state index contributed by atoms with van der Waals surface area (Å²) in [6.45, 7) is 2.86. The normalized spacial score (nSPS) is 28.8. The Morgan fingerprint density at radius 2 is 2.00 bits per heavy atom. The van der Waals surface area contributed by atoms with E-state index in [0.717, 1.165) is 30.7 Å². The molecule has 2 saturated heterocycles. The molecule has 0 bridgehead atoms. The third-order valence-electron chi connectivity index (χ3n) is 6.44. The van der Waals surface area contributed by atoms with Crippen LogP contribution in [0.5, 0.6) is 0 Å². The topological polar surface area (TPSA) is 82.1 Å². The summed E-state index contributed by atoms with van der Waals surface area (Å²) in [5.41, 5.74) is 1.40. The lowest BCUT2D eigenvalue weighted by Crippen LogP contribution is -2.63. The van der Waals surface area contributed by atoms with Crippen LogP contribution >= 0.6 is 0 Å². The summed E-state index contributed by atoms with van der Waals surface area (Å²) in [6.07, 6.45) is 1.83. The maximum absolute atomic E-state index is 12.5. The van der Waals surface area contributed by atoms with Gasteiger partial charge in [0.2, 0.25) is 0 Å². The van der Waals surface area contributed by atoms with Crippen LogP contribution in [0, 0.1) is 5.41 Å². The fourth-order valence-electron chi connectivity index (χ4n) is 4.44. The number of carbonyl (C=O) groups excluding carboxylic acids is 2. The molecular weight excluding hydrogens is 358 g/mol. The van der Waals surface area contributed by atoms with E-state index in [0.29, 0.717) is 31.7 Å². The van der Waals surface area contributed by atoms with E-state index in [9.17, 15) is 14.7 Å². The van der Waals surface area contributed by atoms with Crippen molar-refractivity contribution in [3.63, 3.8) is 0 Å². The van der Waals surface area contributed by atoms with Crippen molar-refractivity contribution < 1.29 is 19.4 Å². The summed E-state index contributed by atoms with van der Waals surface area (Å²) >= 11 is 0. The molecule has 7 nitrogen and oxygen atoms in total. The predicted octanol–water partition coefficient (Wildman–Crippen LogP) is 1.18. The summed E-state index contributed by atoms with van der Waals surface area (Å²) in [6, 6.07) is 10.8. The third-order valence-corrected chi connectivity index (χ3v) is 6.44. The van der Waals surface area contributed by atoms with Gasteiger partial charge in [0.05, 0.1) is 13.2 Å². The Kier molecular flexibility index (Phi) is 5.40. The molecule has 1 unspecified atom stereocenters. The van der Waals surface area contributed by atoms with Gasteiger partial charge < -0.3 is 20.1 Å². The molecule has 1 aromatic carbocycles. The van der Waals surface area contributed by atoms with Crippen molar-refractivity contribution in [1.29, 1.82) is 0 Å². The molecule has 0 spiro atoms. The monoisotopic (exact) mass is 387 g/mol. The van der Waals surface area contributed by atoms with Crippen molar-refractivity contribution in [2.75, 3.05) is 39.9 Å². The minimum absolute atomic E-state index is 0.00777. The number of β-lactam (4-membered cyclic amide) rings is 1. The number of amides is 3. The number of nitrogens with one attached hydrogen (secondary N) is 1. The number of nitrogens with zero attached hydrogens (tertiary/aromatic N) is 2. The minimum Gasteiger partial charge on any atom is -0.384 e. The van der Waals surface area contributed by atoms with Crippen LogP contribution in [-0.2, 0) is 9.53 Å². The number of ether oxygens (including phenoxy) is 1. The van der Waals surface area contributed by atoms with Crippen LogP contribution in [0.2, 0.25) is 0 Å². The number of likely N-dealkylation sites (tertiary alicyclic amines) is 2. The predicted molar refractivity (Wildman–Crippen MR) is 104 cm³/mol. The molecule has 152 valence electrons. The van der Waals surface area contributed by atoms with Crippen molar-refractivity contribution in [1.82, 2.24) is 15.1 Å². The number of urea groups is 1. The highest BCUT2D eigenvalue weighted by molar-refractivity contribution is 6.01. The molecule has 3 atom stereocenters. The lowest BCUT2D eigenvalue weighted by atomic mass is 9.79. The largest absolute Gasteiger partial charge is 0.384 e. The van der Waals surface area contributed by atoms with E-state index in [4.69, 9.17) is 4.74 Å². The second kappa shape index (κ2) is 7.81. The SMILES string of the molecule is COCC1(CN[C@@H]2C[C@H]2c2ccccc2)CCN(C(=O)N2CC(O)C2=O)CC1. The first kappa shape index (κ1) is 19.4. The van der Waals surface area contributed by atoms with E-state index in [1.54, 1.807) is 12.0 Å². The molecule has 0 radical (unpaired) electrons. The molecule has 1 saturated carbocycles. The van der Waals surface area contributed by atoms with Crippen LogP contribution in [0.4, 0.5) is 4.79 Å². The summed E-state index contributed by atoms with van der Waals surface area (Å²) in [4.78, 5) is 26.9.